The zero-order chi connectivity index (χ0) is 17.5. The maximum absolute atomic E-state index is 5.50. The van der Waals surface area contributed by atoms with Crippen LogP contribution in [0.15, 0.2) is 29.3 Å². The first-order chi connectivity index (χ1) is 11.5. The third kappa shape index (κ3) is 7.01. The van der Waals surface area contributed by atoms with E-state index < -0.39 is 0 Å². The first-order valence-electron chi connectivity index (χ1n) is 8.85. The van der Waals surface area contributed by atoms with Gasteiger partial charge in [0.1, 0.15) is 5.75 Å². The highest BCUT2D eigenvalue weighted by atomic mass is 127. The molecule has 1 aliphatic rings. The Morgan fingerprint density at radius 3 is 2.36 bits per heavy atom. The van der Waals surface area contributed by atoms with E-state index >= 15 is 0 Å². The van der Waals surface area contributed by atoms with Crippen molar-refractivity contribution in [3.05, 3.63) is 29.8 Å². The minimum Gasteiger partial charge on any atom is -0.494 e. The average Bonchev–Trinajstić information content (AvgIpc) is 3.38. The van der Waals surface area contributed by atoms with E-state index in [1.807, 2.05) is 26.1 Å². The van der Waals surface area contributed by atoms with E-state index in [0.29, 0.717) is 12.6 Å². The van der Waals surface area contributed by atoms with Crippen molar-refractivity contribution in [3.63, 3.8) is 0 Å². The lowest BCUT2D eigenvalue weighted by atomic mass is 10.1. The van der Waals surface area contributed by atoms with E-state index in [9.17, 15) is 0 Å². The molecule has 1 unspecified atom stereocenters. The summed E-state index contributed by atoms with van der Waals surface area (Å²) in [7, 11) is 8.25. The molecule has 6 heteroatoms. The van der Waals surface area contributed by atoms with E-state index in [2.05, 4.69) is 53.4 Å². The molecule has 0 spiro atoms. The van der Waals surface area contributed by atoms with Crippen LogP contribution in [-0.2, 0) is 6.54 Å². The third-order valence-electron chi connectivity index (χ3n) is 4.53. The second kappa shape index (κ2) is 10.9. The number of rotatable bonds is 8. The standard InChI is InChI=1S/C19H32N4O.HI/c1-6-24-17-11-7-15(8-12-17)14-23(5)19(20-2)21-13-18(22(3)4)16-9-10-16;/h7-8,11-12,16,18H,6,9-10,13-14H2,1-5H3,(H,20,21);1H. The number of halogens is 1. The van der Waals surface area contributed by atoms with Gasteiger partial charge in [0.2, 0.25) is 0 Å². The van der Waals surface area contributed by atoms with Crippen molar-refractivity contribution in [2.24, 2.45) is 10.9 Å². The van der Waals surface area contributed by atoms with Crippen LogP contribution in [0.1, 0.15) is 25.3 Å². The minimum atomic E-state index is 0. The van der Waals surface area contributed by atoms with Crippen LogP contribution >= 0.6 is 24.0 Å². The average molecular weight is 460 g/mol. The van der Waals surface area contributed by atoms with Crippen LogP contribution < -0.4 is 10.1 Å². The van der Waals surface area contributed by atoms with Crippen molar-refractivity contribution in [3.8, 4) is 5.75 Å². The van der Waals surface area contributed by atoms with Crippen LogP contribution in [0.2, 0.25) is 0 Å². The molecule has 0 saturated heterocycles. The van der Waals surface area contributed by atoms with Crippen molar-refractivity contribution in [1.29, 1.82) is 0 Å². The molecule has 142 valence electrons. The highest BCUT2D eigenvalue weighted by Gasteiger charge is 2.32. The number of likely N-dealkylation sites (N-methyl/N-ethyl adjacent to an activating group) is 1. The molecule has 1 aromatic rings. The number of hydrogen-bond acceptors (Lipinski definition) is 3. The van der Waals surface area contributed by atoms with Crippen molar-refractivity contribution in [1.82, 2.24) is 15.1 Å². The number of hydrogen-bond donors (Lipinski definition) is 1. The van der Waals surface area contributed by atoms with Gasteiger partial charge in [-0.2, -0.15) is 0 Å². The maximum atomic E-state index is 5.50. The minimum absolute atomic E-state index is 0. The van der Waals surface area contributed by atoms with Gasteiger partial charge in [-0.25, -0.2) is 0 Å². The lowest BCUT2D eigenvalue weighted by Gasteiger charge is -2.28. The van der Waals surface area contributed by atoms with E-state index in [0.717, 1.165) is 30.7 Å². The summed E-state index contributed by atoms with van der Waals surface area (Å²) in [6, 6.07) is 8.86. The highest BCUT2D eigenvalue weighted by molar-refractivity contribution is 14.0. The predicted octanol–water partition coefficient (Wildman–Crippen LogP) is 3.05. The van der Waals surface area contributed by atoms with Crippen molar-refractivity contribution in [2.45, 2.75) is 32.4 Å². The molecule has 1 aromatic carbocycles. The molecule has 0 aromatic heterocycles. The summed E-state index contributed by atoms with van der Waals surface area (Å²) in [5, 5.41) is 3.53. The first kappa shape index (κ1) is 22.0. The number of nitrogens with one attached hydrogen (secondary N) is 1. The lowest BCUT2D eigenvalue weighted by Crippen LogP contribution is -2.46. The van der Waals surface area contributed by atoms with Gasteiger partial charge in [0, 0.05) is 33.2 Å². The summed E-state index contributed by atoms with van der Waals surface area (Å²) in [4.78, 5) is 8.92. The molecule has 1 N–H and O–H groups in total. The molecule has 1 saturated carbocycles. The van der Waals surface area contributed by atoms with Gasteiger partial charge in [-0.1, -0.05) is 12.1 Å². The van der Waals surface area contributed by atoms with Crippen molar-refractivity contribution < 1.29 is 4.74 Å². The summed E-state index contributed by atoms with van der Waals surface area (Å²) in [6.45, 7) is 4.46. The number of nitrogens with zero attached hydrogens (tertiary/aromatic N) is 3. The topological polar surface area (TPSA) is 40.1 Å². The van der Waals surface area contributed by atoms with Crippen LogP contribution in [0.25, 0.3) is 0 Å². The second-order valence-corrected chi connectivity index (χ2v) is 6.73. The number of benzene rings is 1. The molecule has 0 radical (unpaired) electrons. The Labute approximate surface area is 169 Å². The molecular formula is C19H33IN4O. The van der Waals surface area contributed by atoms with Crippen LogP contribution in [0.3, 0.4) is 0 Å². The first-order valence-corrected chi connectivity index (χ1v) is 8.85. The Balaban J connectivity index is 0.00000312. The fourth-order valence-electron chi connectivity index (χ4n) is 3.04. The fourth-order valence-corrected chi connectivity index (χ4v) is 3.04. The quantitative estimate of drug-likeness (QED) is 0.368. The van der Waals surface area contributed by atoms with Crippen LogP contribution in [0.5, 0.6) is 5.75 Å². The molecule has 0 heterocycles. The summed E-state index contributed by atoms with van der Waals surface area (Å²) in [5.74, 6) is 2.70. The lowest BCUT2D eigenvalue weighted by molar-refractivity contribution is 0.262. The van der Waals surface area contributed by atoms with E-state index in [4.69, 9.17) is 4.74 Å². The van der Waals surface area contributed by atoms with E-state index in [-0.39, 0.29) is 24.0 Å². The fraction of sp³-hybridized carbons (Fsp3) is 0.632. The van der Waals surface area contributed by atoms with Crippen LogP contribution in [0, 0.1) is 5.92 Å². The largest absolute Gasteiger partial charge is 0.494 e. The Bertz CT molecular complexity index is 527. The SMILES string of the molecule is CCOc1ccc(CN(C)C(=NC)NCC(C2CC2)N(C)C)cc1.I. The van der Waals surface area contributed by atoms with Gasteiger partial charge in [0.15, 0.2) is 5.96 Å². The van der Waals surface area contributed by atoms with E-state index in [1.165, 1.54) is 18.4 Å². The molecule has 1 aliphatic carbocycles. The molecular weight excluding hydrogens is 427 g/mol. The van der Waals surface area contributed by atoms with Crippen molar-refractivity contribution >= 4 is 29.9 Å². The van der Waals surface area contributed by atoms with Gasteiger partial charge < -0.3 is 19.9 Å². The number of ether oxygens (including phenoxy) is 1. The predicted molar refractivity (Wildman–Crippen MR) is 116 cm³/mol. The van der Waals surface area contributed by atoms with E-state index in [1.54, 1.807) is 0 Å². The number of aliphatic imine (C=N–C) groups is 1. The van der Waals surface area contributed by atoms with Crippen LogP contribution in [0.4, 0.5) is 0 Å². The maximum Gasteiger partial charge on any atom is 0.193 e. The molecule has 0 bridgehead atoms. The van der Waals surface area contributed by atoms with Gasteiger partial charge in [0.25, 0.3) is 0 Å². The smallest absolute Gasteiger partial charge is 0.193 e. The summed E-state index contributed by atoms with van der Waals surface area (Å²) in [6.07, 6.45) is 2.70. The third-order valence-corrected chi connectivity index (χ3v) is 4.53. The normalized spacial score (nSPS) is 15.5. The molecule has 0 amide bonds. The Kier molecular flexibility index (Phi) is 9.56. The zero-order valence-corrected chi connectivity index (χ0v) is 18.5. The monoisotopic (exact) mass is 460 g/mol. The van der Waals surface area contributed by atoms with Gasteiger partial charge >= 0.3 is 0 Å². The molecule has 25 heavy (non-hydrogen) atoms. The summed E-state index contributed by atoms with van der Waals surface area (Å²) < 4.78 is 5.50. The Morgan fingerprint density at radius 2 is 1.88 bits per heavy atom. The molecule has 1 atom stereocenters. The molecule has 2 rings (SSSR count). The van der Waals surface area contributed by atoms with Crippen LogP contribution in [-0.4, -0.2) is 63.1 Å². The van der Waals surface area contributed by atoms with Gasteiger partial charge in [-0.15, -0.1) is 24.0 Å². The molecule has 5 nitrogen and oxygen atoms in total. The Hall–Kier alpha value is -1.02. The summed E-state index contributed by atoms with van der Waals surface area (Å²) >= 11 is 0. The number of guanidine groups is 1. The molecule has 1 fully saturated rings. The zero-order valence-electron chi connectivity index (χ0n) is 16.2. The second-order valence-electron chi connectivity index (χ2n) is 6.73. The summed E-state index contributed by atoms with van der Waals surface area (Å²) in [5.41, 5.74) is 1.25. The van der Waals surface area contributed by atoms with Crippen molar-refractivity contribution in [2.75, 3.05) is 41.3 Å². The highest BCUT2D eigenvalue weighted by Crippen LogP contribution is 2.34. The van der Waals surface area contributed by atoms with Gasteiger partial charge in [-0.3, -0.25) is 4.99 Å². The van der Waals surface area contributed by atoms with Gasteiger partial charge in [-0.05, 0) is 57.5 Å². The van der Waals surface area contributed by atoms with Gasteiger partial charge in [0.05, 0.1) is 6.61 Å². The Morgan fingerprint density at radius 1 is 1.24 bits per heavy atom. The molecule has 0 aliphatic heterocycles.